The number of hydrogen-bond donors (Lipinski definition) is 1. The third-order valence-corrected chi connectivity index (χ3v) is 2.54. The van der Waals surface area contributed by atoms with E-state index in [-0.39, 0.29) is 5.69 Å². The third kappa shape index (κ3) is 1.42. The highest BCUT2D eigenvalue weighted by atomic mass is 79.9. The number of aromatic nitrogens is 2. The zero-order valence-electron chi connectivity index (χ0n) is 7.46. The molecule has 0 amide bonds. The number of imidazole rings is 1. The molecule has 2 rings (SSSR count). The van der Waals surface area contributed by atoms with E-state index < -0.39 is 0 Å². The molecule has 1 aromatic heterocycles. The highest BCUT2D eigenvalue weighted by molar-refractivity contribution is 9.10. The van der Waals surface area contributed by atoms with Gasteiger partial charge in [-0.15, -0.1) is 6.58 Å². The van der Waals surface area contributed by atoms with E-state index >= 15 is 0 Å². The number of aromatic amines is 1. The SMILES string of the molecule is C=CCn1c(=O)[nH]c2ccc(Br)cc21. The molecule has 0 fully saturated rings. The second-order valence-corrected chi connectivity index (χ2v) is 3.91. The number of rotatable bonds is 2. The van der Waals surface area contributed by atoms with Crippen LogP contribution >= 0.6 is 15.9 Å². The van der Waals surface area contributed by atoms with Gasteiger partial charge in [0.05, 0.1) is 11.0 Å². The maximum Gasteiger partial charge on any atom is 0.326 e. The highest BCUT2D eigenvalue weighted by Gasteiger charge is 2.04. The standard InChI is InChI=1S/C10H9BrN2O/c1-2-5-13-9-6-7(11)3-4-8(9)12-10(13)14/h2-4,6H,1,5H2,(H,12,14). The summed E-state index contributed by atoms with van der Waals surface area (Å²) in [5.41, 5.74) is 1.64. The molecular weight excluding hydrogens is 244 g/mol. The molecule has 2 aromatic rings. The van der Waals surface area contributed by atoms with Crippen molar-refractivity contribution in [2.75, 3.05) is 0 Å². The smallest absolute Gasteiger partial charge is 0.306 e. The van der Waals surface area contributed by atoms with Gasteiger partial charge in [0.25, 0.3) is 0 Å². The van der Waals surface area contributed by atoms with Crippen molar-refractivity contribution in [3.8, 4) is 0 Å². The van der Waals surface area contributed by atoms with Crippen LogP contribution in [0.3, 0.4) is 0 Å². The molecule has 1 N–H and O–H groups in total. The number of nitrogens with one attached hydrogen (secondary N) is 1. The van der Waals surface area contributed by atoms with Crippen LogP contribution in [0.2, 0.25) is 0 Å². The van der Waals surface area contributed by atoms with Gasteiger partial charge in [-0.25, -0.2) is 4.79 Å². The lowest BCUT2D eigenvalue weighted by atomic mass is 10.3. The van der Waals surface area contributed by atoms with Crippen molar-refractivity contribution >= 4 is 27.0 Å². The molecule has 3 nitrogen and oxygen atoms in total. The van der Waals surface area contributed by atoms with E-state index in [1.807, 2.05) is 18.2 Å². The molecule has 0 saturated carbocycles. The molecule has 0 spiro atoms. The summed E-state index contributed by atoms with van der Waals surface area (Å²) in [5.74, 6) is 0. The van der Waals surface area contributed by atoms with Gasteiger partial charge < -0.3 is 4.98 Å². The van der Waals surface area contributed by atoms with Crippen molar-refractivity contribution in [3.63, 3.8) is 0 Å². The summed E-state index contributed by atoms with van der Waals surface area (Å²) < 4.78 is 2.61. The molecule has 0 aliphatic rings. The van der Waals surface area contributed by atoms with E-state index in [2.05, 4.69) is 27.5 Å². The lowest BCUT2D eigenvalue weighted by Crippen LogP contribution is -2.15. The molecule has 4 heteroatoms. The first-order valence-corrected chi connectivity index (χ1v) is 5.00. The van der Waals surface area contributed by atoms with Crippen LogP contribution in [0.1, 0.15) is 0 Å². The number of fused-ring (bicyclic) bond motifs is 1. The van der Waals surface area contributed by atoms with Gasteiger partial charge in [0.2, 0.25) is 0 Å². The fraction of sp³-hybridized carbons (Fsp3) is 0.100. The maximum atomic E-state index is 11.5. The van der Waals surface area contributed by atoms with Crippen LogP contribution in [0.5, 0.6) is 0 Å². The van der Waals surface area contributed by atoms with Crippen LogP contribution < -0.4 is 5.69 Å². The van der Waals surface area contributed by atoms with Crippen LogP contribution in [0.4, 0.5) is 0 Å². The maximum absolute atomic E-state index is 11.5. The van der Waals surface area contributed by atoms with Gasteiger partial charge in [0, 0.05) is 11.0 Å². The first kappa shape index (κ1) is 9.27. The molecular formula is C10H9BrN2O. The summed E-state index contributed by atoms with van der Waals surface area (Å²) in [6.45, 7) is 4.14. The number of benzene rings is 1. The average Bonchev–Trinajstić information content (AvgIpc) is 2.45. The first-order chi connectivity index (χ1) is 6.72. The molecule has 14 heavy (non-hydrogen) atoms. The summed E-state index contributed by atoms with van der Waals surface area (Å²) in [5, 5.41) is 0. The largest absolute Gasteiger partial charge is 0.326 e. The van der Waals surface area contributed by atoms with Crippen molar-refractivity contribution in [2.45, 2.75) is 6.54 Å². The topological polar surface area (TPSA) is 37.8 Å². The van der Waals surface area contributed by atoms with Crippen LogP contribution in [-0.2, 0) is 6.54 Å². The quantitative estimate of drug-likeness (QED) is 0.819. The Balaban J connectivity index is 2.79. The zero-order valence-corrected chi connectivity index (χ0v) is 9.04. The summed E-state index contributed by atoms with van der Waals surface area (Å²) in [6.07, 6.45) is 1.70. The van der Waals surface area contributed by atoms with Gasteiger partial charge in [0.15, 0.2) is 0 Å². The Morgan fingerprint density at radius 1 is 1.57 bits per heavy atom. The van der Waals surface area contributed by atoms with Crippen LogP contribution in [0, 0.1) is 0 Å². The molecule has 0 atom stereocenters. The average molecular weight is 253 g/mol. The van der Waals surface area contributed by atoms with Gasteiger partial charge in [-0.05, 0) is 18.2 Å². The highest BCUT2D eigenvalue weighted by Crippen LogP contribution is 2.16. The summed E-state index contributed by atoms with van der Waals surface area (Å²) in [7, 11) is 0. The van der Waals surface area contributed by atoms with E-state index in [0.29, 0.717) is 6.54 Å². The zero-order chi connectivity index (χ0) is 10.1. The fourth-order valence-corrected chi connectivity index (χ4v) is 1.79. The van der Waals surface area contributed by atoms with Crippen LogP contribution in [0.15, 0.2) is 40.1 Å². The van der Waals surface area contributed by atoms with E-state index in [9.17, 15) is 4.79 Å². The fourth-order valence-electron chi connectivity index (χ4n) is 1.44. The van der Waals surface area contributed by atoms with E-state index in [1.54, 1.807) is 10.6 Å². The van der Waals surface area contributed by atoms with Crippen molar-refractivity contribution in [1.29, 1.82) is 0 Å². The molecule has 72 valence electrons. The molecule has 1 aromatic carbocycles. The predicted octanol–water partition coefficient (Wildman–Crippen LogP) is 2.28. The van der Waals surface area contributed by atoms with Gasteiger partial charge in [-0.3, -0.25) is 4.57 Å². The molecule has 0 bridgehead atoms. The summed E-state index contributed by atoms with van der Waals surface area (Å²) in [6, 6.07) is 5.69. The van der Waals surface area contributed by atoms with Crippen molar-refractivity contribution in [1.82, 2.24) is 9.55 Å². The Hall–Kier alpha value is -1.29. The van der Waals surface area contributed by atoms with E-state index in [0.717, 1.165) is 15.5 Å². The number of hydrogen-bond acceptors (Lipinski definition) is 1. The first-order valence-electron chi connectivity index (χ1n) is 4.21. The lowest BCUT2D eigenvalue weighted by molar-refractivity contribution is 0.809. The van der Waals surface area contributed by atoms with Gasteiger partial charge >= 0.3 is 5.69 Å². The van der Waals surface area contributed by atoms with Crippen molar-refractivity contribution in [3.05, 3.63) is 45.8 Å². The van der Waals surface area contributed by atoms with Crippen LogP contribution in [0.25, 0.3) is 11.0 Å². The Kier molecular flexibility index (Phi) is 2.29. The third-order valence-electron chi connectivity index (χ3n) is 2.05. The minimum absolute atomic E-state index is 0.0991. The Morgan fingerprint density at radius 2 is 2.36 bits per heavy atom. The minimum Gasteiger partial charge on any atom is -0.306 e. The summed E-state index contributed by atoms with van der Waals surface area (Å²) in [4.78, 5) is 14.3. The van der Waals surface area contributed by atoms with Gasteiger partial charge in [-0.2, -0.15) is 0 Å². The minimum atomic E-state index is -0.0991. The normalized spacial score (nSPS) is 10.6. The Labute approximate surface area is 89.2 Å². The van der Waals surface area contributed by atoms with E-state index in [4.69, 9.17) is 0 Å². The van der Waals surface area contributed by atoms with Crippen molar-refractivity contribution < 1.29 is 0 Å². The second-order valence-electron chi connectivity index (χ2n) is 2.99. The predicted molar refractivity (Wildman–Crippen MR) is 60.5 cm³/mol. The number of H-pyrrole nitrogens is 1. The van der Waals surface area contributed by atoms with Gasteiger partial charge in [-0.1, -0.05) is 22.0 Å². The van der Waals surface area contributed by atoms with Gasteiger partial charge in [0.1, 0.15) is 0 Å². The number of allylic oxidation sites excluding steroid dienone is 1. The molecule has 0 saturated heterocycles. The van der Waals surface area contributed by atoms with Crippen LogP contribution in [-0.4, -0.2) is 9.55 Å². The molecule has 1 heterocycles. The molecule has 0 aliphatic carbocycles. The number of halogens is 1. The Morgan fingerprint density at radius 3 is 3.07 bits per heavy atom. The lowest BCUT2D eigenvalue weighted by Gasteiger charge is -1.98. The summed E-state index contributed by atoms with van der Waals surface area (Å²) >= 11 is 3.37. The second kappa shape index (κ2) is 3.46. The Bertz CT molecular complexity index is 539. The monoisotopic (exact) mass is 252 g/mol. The number of nitrogens with zero attached hydrogens (tertiary/aromatic N) is 1. The molecule has 0 unspecified atom stereocenters. The van der Waals surface area contributed by atoms with E-state index in [1.165, 1.54) is 0 Å². The molecule has 0 radical (unpaired) electrons. The van der Waals surface area contributed by atoms with Crippen molar-refractivity contribution in [2.24, 2.45) is 0 Å². The molecule has 0 aliphatic heterocycles.